The Kier molecular flexibility index (Phi) is 11.3. The van der Waals surface area contributed by atoms with Crippen molar-refractivity contribution < 1.29 is 24.2 Å². The van der Waals surface area contributed by atoms with Gasteiger partial charge in [-0.15, -0.1) is 0 Å². The number of aliphatic carboxylic acids is 1. The van der Waals surface area contributed by atoms with Crippen molar-refractivity contribution in [3.05, 3.63) is 81.3 Å². The summed E-state index contributed by atoms with van der Waals surface area (Å²) in [5.74, 6) is 0.231. The third-order valence-corrected chi connectivity index (χ3v) is 8.15. The standard InChI is InChI=1S/C31H35BrClN3O5/c32-29-23(8-4-10-25(29)21-6-2-1-3-7-21)19-41-28-15-27(40-18-20-11-12-20)24(14-26(28)33)17-35-16-22(30(37)38)9-5-13-36-31(34)39/h1-4,6-8,10,14-15,20,22,35H,5,9,11-13,16-19H2,(H,37,38)(H3,34,36,39). The first kappa shape index (κ1) is 30.7. The molecule has 1 aliphatic carbocycles. The Bertz CT molecular complexity index is 1340. The maximum Gasteiger partial charge on any atom is 0.312 e. The summed E-state index contributed by atoms with van der Waals surface area (Å²) in [6.45, 7) is 1.90. The lowest BCUT2D eigenvalue weighted by Crippen LogP contribution is -2.32. The molecule has 2 amide bonds. The average Bonchev–Trinajstić information content (AvgIpc) is 3.78. The molecule has 1 unspecified atom stereocenters. The molecule has 5 N–H and O–H groups in total. The van der Waals surface area contributed by atoms with Gasteiger partial charge in [-0.1, -0.05) is 60.1 Å². The molecule has 0 spiro atoms. The number of rotatable bonds is 16. The fourth-order valence-corrected chi connectivity index (χ4v) is 5.24. The molecule has 0 bridgehead atoms. The number of carbonyl (C=O) groups excluding carboxylic acids is 1. The molecule has 4 rings (SSSR count). The van der Waals surface area contributed by atoms with Gasteiger partial charge in [0.15, 0.2) is 0 Å². The summed E-state index contributed by atoms with van der Waals surface area (Å²) in [5.41, 5.74) is 9.07. The van der Waals surface area contributed by atoms with Crippen LogP contribution in [0.4, 0.5) is 4.79 Å². The van der Waals surface area contributed by atoms with Crippen molar-refractivity contribution >= 4 is 39.5 Å². The molecule has 8 nitrogen and oxygen atoms in total. The van der Waals surface area contributed by atoms with Crippen LogP contribution < -0.4 is 25.8 Å². The van der Waals surface area contributed by atoms with Gasteiger partial charge in [-0.25, -0.2) is 4.79 Å². The Morgan fingerprint density at radius 3 is 2.54 bits per heavy atom. The number of urea groups is 1. The van der Waals surface area contributed by atoms with Gasteiger partial charge >= 0.3 is 12.0 Å². The normalized spacial score (nSPS) is 13.4. The molecular weight excluding hydrogens is 610 g/mol. The Morgan fingerprint density at radius 1 is 1.05 bits per heavy atom. The lowest BCUT2D eigenvalue weighted by molar-refractivity contribution is -0.141. The maximum atomic E-state index is 11.7. The summed E-state index contributed by atoms with van der Waals surface area (Å²) in [7, 11) is 0. The lowest BCUT2D eigenvalue weighted by atomic mass is 10.0. The van der Waals surface area contributed by atoms with E-state index in [0.717, 1.165) is 39.6 Å². The number of primary amides is 1. The highest BCUT2D eigenvalue weighted by Gasteiger charge is 2.23. The minimum Gasteiger partial charge on any atom is -0.493 e. The molecule has 1 fully saturated rings. The van der Waals surface area contributed by atoms with Crippen molar-refractivity contribution in [2.24, 2.45) is 17.6 Å². The van der Waals surface area contributed by atoms with E-state index < -0.39 is 17.9 Å². The van der Waals surface area contributed by atoms with Gasteiger partial charge in [-0.05, 0) is 64.7 Å². The SMILES string of the molecule is NC(=O)NCCCC(CNCc1cc(Cl)c(OCc2cccc(-c3ccccc3)c2Br)cc1OCC1CC1)C(=O)O. The van der Waals surface area contributed by atoms with Crippen LogP contribution in [-0.2, 0) is 17.9 Å². The summed E-state index contributed by atoms with van der Waals surface area (Å²) in [4.78, 5) is 22.6. The van der Waals surface area contributed by atoms with Crippen molar-refractivity contribution in [1.29, 1.82) is 0 Å². The first-order valence-electron chi connectivity index (χ1n) is 13.7. The molecule has 0 heterocycles. The van der Waals surface area contributed by atoms with Crippen molar-refractivity contribution in [1.82, 2.24) is 10.6 Å². The van der Waals surface area contributed by atoms with E-state index in [2.05, 4.69) is 44.8 Å². The van der Waals surface area contributed by atoms with Gasteiger partial charge in [-0.2, -0.15) is 0 Å². The second kappa shape index (κ2) is 15.1. The molecule has 1 aliphatic rings. The van der Waals surface area contributed by atoms with Gasteiger partial charge in [0.25, 0.3) is 0 Å². The molecule has 10 heteroatoms. The molecule has 1 saturated carbocycles. The van der Waals surface area contributed by atoms with Crippen molar-refractivity contribution in [3.63, 3.8) is 0 Å². The third-order valence-electron chi connectivity index (χ3n) is 6.92. The zero-order valence-electron chi connectivity index (χ0n) is 22.7. The summed E-state index contributed by atoms with van der Waals surface area (Å²) in [6, 6.07) is 19.2. The van der Waals surface area contributed by atoms with Crippen LogP contribution in [0.2, 0.25) is 5.02 Å². The highest BCUT2D eigenvalue weighted by molar-refractivity contribution is 9.10. The minimum absolute atomic E-state index is 0.260. The van der Waals surface area contributed by atoms with Crippen LogP contribution in [0, 0.1) is 11.8 Å². The lowest BCUT2D eigenvalue weighted by Gasteiger charge is -2.18. The minimum atomic E-state index is -0.897. The number of ether oxygens (including phenoxy) is 2. The van der Waals surface area contributed by atoms with Gasteiger partial charge in [0.1, 0.15) is 18.1 Å². The number of carbonyl (C=O) groups is 2. The average molecular weight is 645 g/mol. The molecule has 0 aliphatic heterocycles. The van der Waals surface area contributed by atoms with Gasteiger partial charge < -0.3 is 30.9 Å². The third kappa shape index (κ3) is 9.38. The Hall–Kier alpha value is -3.27. The van der Waals surface area contributed by atoms with E-state index in [-0.39, 0.29) is 6.54 Å². The maximum absolute atomic E-state index is 11.7. The predicted molar refractivity (Wildman–Crippen MR) is 163 cm³/mol. The zero-order valence-corrected chi connectivity index (χ0v) is 25.0. The van der Waals surface area contributed by atoms with Crippen LogP contribution in [-0.4, -0.2) is 36.8 Å². The molecule has 0 aromatic heterocycles. The number of carboxylic acid groups (broad SMARTS) is 1. The number of halogens is 2. The fourth-order valence-electron chi connectivity index (χ4n) is 4.39. The summed E-state index contributed by atoms with van der Waals surface area (Å²) in [6.07, 6.45) is 3.23. The highest BCUT2D eigenvalue weighted by Crippen LogP contribution is 2.37. The largest absolute Gasteiger partial charge is 0.493 e. The van der Waals surface area contributed by atoms with Crippen molar-refractivity contribution in [2.75, 3.05) is 19.7 Å². The molecule has 0 radical (unpaired) electrons. The highest BCUT2D eigenvalue weighted by atomic mass is 79.9. The van der Waals surface area contributed by atoms with Crippen LogP contribution in [0.5, 0.6) is 11.5 Å². The van der Waals surface area contributed by atoms with E-state index in [4.69, 9.17) is 26.8 Å². The zero-order chi connectivity index (χ0) is 29.2. The van der Waals surface area contributed by atoms with E-state index in [1.807, 2.05) is 42.5 Å². The number of amides is 2. The molecule has 3 aromatic rings. The first-order chi connectivity index (χ1) is 19.8. The summed E-state index contributed by atoms with van der Waals surface area (Å²) < 4.78 is 13.3. The molecule has 218 valence electrons. The quantitative estimate of drug-likeness (QED) is 0.134. The molecule has 3 aromatic carbocycles. The Balaban J connectivity index is 1.42. The second-order valence-electron chi connectivity index (χ2n) is 10.2. The number of carboxylic acids is 1. The van der Waals surface area contributed by atoms with Gasteiger partial charge in [0, 0.05) is 41.3 Å². The molecular formula is C31H35BrClN3O5. The van der Waals surface area contributed by atoms with Gasteiger partial charge in [-0.3, -0.25) is 4.79 Å². The number of benzene rings is 3. The van der Waals surface area contributed by atoms with Crippen LogP contribution >= 0.6 is 27.5 Å². The molecule has 1 atom stereocenters. The summed E-state index contributed by atoms with van der Waals surface area (Å²) in [5, 5.41) is 15.8. The monoisotopic (exact) mass is 643 g/mol. The number of hydrogen-bond donors (Lipinski definition) is 4. The van der Waals surface area contributed by atoms with Crippen molar-refractivity contribution in [3.8, 4) is 22.6 Å². The Morgan fingerprint density at radius 2 is 1.83 bits per heavy atom. The smallest absolute Gasteiger partial charge is 0.312 e. The van der Waals surface area contributed by atoms with Crippen LogP contribution in [0.25, 0.3) is 11.1 Å². The summed E-state index contributed by atoms with van der Waals surface area (Å²) >= 11 is 10.4. The topological polar surface area (TPSA) is 123 Å². The fraction of sp³-hybridized carbons (Fsp3) is 0.355. The Labute approximate surface area is 253 Å². The van der Waals surface area contributed by atoms with Gasteiger partial charge in [0.2, 0.25) is 0 Å². The number of nitrogens with one attached hydrogen (secondary N) is 2. The van der Waals surface area contributed by atoms with E-state index in [9.17, 15) is 14.7 Å². The predicted octanol–water partition coefficient (Wildman–Crippen LogP) is 6.38. The van der Waals surface area contributed by atoms with E-state index in [0.29, 0.717) is 61.6 Å². The van der Waals surface area contributed by atoms with E-state index in [1.165, 1.54) is 0 Å². The second-order valence-corrected chi connectivity index (χ2v) is 11.4. The van der Waals surface area contributed by atoms with Gasteiger partial charge in [0.05, 0.1) is 17.5 Å². The van der Waals surface area contributed by atoms with Crippen LogP contribution in [0.3, 0.4) is 0 Å². The van der Waals surface area contributed by atoms with Crippen LogP contribution in [0.15, 0.2) is 65.1 Å². The van der Waals surface area contributed by atoms with Crippen molar-refractivity contribution in [2.45, 2.75) is 38.8 Å². The number of nitrogens with two attached hydrogens (primary N) is 1. The number of hydrogen-bond acceptors (Lipinski definition) is 5. The molecule has 41 heavy (non-hydrogen) atoms. The van der Waals surface area contributed by atoms with E-state index in [1.54, 1.807) is 0 Å². The van der Waals surface area contributed by atoms with Crippen LogP contribution in [0.1, 0.15) is 36.8 Å². The first-order valence-corrected chi connectivity index (χ1v) is 14.9. The molecule has 0 saturated heterocycles. The van der Waals surface area contributed by atoms with E-state index >= 15 is 0 Å².